The van der Waals surface area contributed by atoms with Crippen LogP contribution in [0.1, 0.15) is 57.6 Å². The molecule has 2 aliphatic carbocycles. The van der Waals surface area contributed by atoms with Crippen molar-refractivity contribution in [2.24, 2.45) is 16.8 Å². The number of carbonyl (C=O) groups excluding carboxylic acids is 2. The SMILES string of the molecule is CC(C)n1ncc2cc(-c3ccc(C4=NC5(CC5)C(=O)N4C[C@@H]4CCN(C(=O)C5CC5)C4)cc3)ccc21. The van der Waals surface area contributed by atoms with Crippen molar-refractivity contribution in [3.8, 4) is 11.1 Å². The molecule has 2 saturated carbocycles. The molecule has 0 unspecified atom stereocenters. The maximum Gasteiger partial charge on any atom is 0.256 e. The van der Waals surface area contributed by atoms with Crippen LogP contribution in [0.3, 0.4) is 0 Å². The van der Waals surface area contributed by atoms with Gasteiger partial charge in [-0.15, -0.1) is 0 Å². The van der Waals surface area contributed by atoms with Crippen LogP contribution in [-0.2, 0) is 9.59 Å². The molecule has 2 aliphatic heterocycles. The smallest absolute Gasteiger partial charge is 0.256 e. The number of hydrogen-bond acceptors (Lipinski definition) is 4. The average Bonchev–Trinajstić information content (AvgIpc) is 3.79. The summed E-state index contributed by atoms with van der Waals surface area (Å²) in [6, 6.07) is 15.2. The number of amides is 2. The third-order valence-corrected chi connectivity index (χ3v) is 8.47. The van der Waals surface area contributed by atoms with Gasteiger partial charge in [0.05, 0.1) is 11.7 Å². The van der Waals surface area contributed by atoms with Crippen LogP contribution >= 0.6 is 0 Å². The molecule has 7 nitrogen and oxygen atoms in total. The number of aliphatic imine (C=N–C) groups is 1. The summed E-state index contributed by atoms with van der Waals surface area (Å²) in [7, 11) is 0. The Labute approximate surface area is 217 Å². The minimum atomic E-state index is -0.530. The quantitative estimate of drug-likeness (QED) is 0.499. The van der Waals surface area contributed by atoms with Crippen molar-refractivity contribution >= 4 is 28.6 Å². The summed E-state index contributed by atoms with van der Waals surface area (Å²) in [5.74, 6) is 1.82. The summed E-state index contributed by atoms with van der Waals surface area (Å²) in [4.78, 5) is 34.8. The van der Waals surface area contributed by atoms with Gasteiger partial charge < -0.3 is 4.90 Å². The molecule has 1 atom stereocenters. The zero-order valence-corrected chi connectivity index (χ0v) is 21.6. The summed E-state index contributed by atoms with van der Waals surface area (Å²) in [5.41, 5.74) is 3.87. The van der Waals surface area contributed by atoms with E-state index in [1.54, 1.807) is 0 Å². The molecule has 3 aromatic rings. The van der Waals surface area contributed by atoms with Crippen LogP contribution in [0.15, 0.2) is 53.7 Å². The first-order chi connectivity index (χ1) is 17.9. The molecule has 4 aliphatic rings. The minimum Gasteiger partial charge on any atom is -0.342 e. The lowest BCUT2D eigenvalue weighted by atomic mass is 10.0. The number of aromatic nitrogens is 2. The monoisotopic (exact) mass is 495 g/mol. The van der Waals surface area contributed by atoms with Gasteiger partial charge in [-0.25, -0.2) is 0 Å². The van der Waals surface area contributed by atoms with Gasteiger partial charge in [0.2, 0.25) is 5.91 Å². The van der Waals surface area contributed by atoms with Crippen molar-refractivity contribution < 1.29 is 9.59 Å². The zero-order valence-electron chi connectivity index (χ0n) is 21.6. The fourth-order valence-corrected chi connectivity index (χ4v) is 5.98. The summed E-state index contributed by atoms with van der Waals surface area (Å²) in [5, 5.41) is 5.67. The predicted molar refractivity (Wildman–Crippen MR) is 143 cm³/mol. The highest BCUT2D eigenvalue weighted by Crippen LogP contribution is 2.46. The van der Waals surface area contributed by atoms with E-state index in [1.807, 2.05) is 20.7 Å². The molecular weight excluding hydrogens is 462 g/mol. The molecule has 7 heteroatoms. The maximum absolute atomic E-state index is 13.4. The van der Waals surface area contributed by atoms with Crippen molar-refractivity contribution in [2.75, 3.05) is 19.6 Å². The Kier molecular flexibility index (Phi) is 5.07. The summed E-state index contributed by atoms with van der Waals surface area (Å²) in [6.45, 7) is 6.50. The second-order valence-corrected chi connectivity index (χ2v) is 11.6. The third kappa shape index (κ3) is 3.87. The fraction of sp³-hybridized carbons (Fsp3) is 0.467. The van der Waals surface area contributed by atoms with E-state index in [-0.39, 0.29) is 11.8 Å². The second kappa shape index (κ2) is 8.27. The van der Waals surface area contributed by atoms with Gasteiger partial charge >= 0.3 is 0 Å². The number of benzene rings is 2. The number of hydrogen-bond donors (Lipinski definition) is 0. The molecule has 37 heavy (non-hydrogen) atoms. The Morgan fingerprint density at radius 1 is 1.03 bits per heavy atom. The van der Waals surface area contributed by atoms with Crippen LogP contribution in [0, 0.1) is 11.8 Å². The van der Waals surface area contributed by atoms with E-state index in [0.29, 0.717) is 24.4 Å². The van der Waals surface area contributed by atoms with Gasteiger partial charge in [0, 0.05) is 42.5 Å². The number of amidine groups is 1. The summed E-state index contributed by atoms with van der Waals surface area (Å²) >= 11 is 0. The van der Waals surface area contributed by atoms with Crippen molar-refractivity contribution in [3.05, 3.63) is 54.2 Å². The van der Waals surface area contributed by atoms with Crippen LogP contribution < -0.4 is 0 Å². The van der Waals surface area contributed by atoms with Gasteiger partial charge in [0.1, 0.15) is 11.4 Å². The third-order valence-electron chi connectivity index (χ3n) is 8.47. The van der Waals surface area contributed by atoms with E-state index in [9.17, 15) is 9.59 Å². The van der Waals surface area contributed by atoms with Crippen molar-refractivity contribution in [2.45, 2.75) is 57.5 Å². The van der Waals surface area contributed by atoms with Gasteiger partial charge in [-0.05, 0) is 75.1 Å². The molecule has 0 bridgehead atoms. The van der Waals surface area contributed by atoms with Gasteiger partial charge in [-0.2, -0.15) is 5.10 Å². The lowest BCUT2D eigenvalue weighted by Gasteiger charge is -2.23. The summed E-state index contributed by atoms with van der Waals surface area (Å²) in [6.07, 6.45) is 6.64. The highest BCUT2D eigenvalue weighted by atomic mass is 16.2. The first-order valence-corrected chi connectivity index (χ1v) is 13.7. The highest BCUT2D eigenvalue weighted by molar-refractivity contribution is 6.16. The molecule has 1 saturated heterocycles. The molecule has 2 amide bonds. The number of fused-ring (bicyclic) bond motifs is 1. The van der Waals surface area contributed by atoms with Crippen molar-refractivity contribution in [1.82, 2.24) is 19.6 Å². The van der Waals surface area contributed by atoms with Crippen LogP contribution in [0.2, 0.25) is 0 Å². The number of likely N-dealkylation sites (tertiary alicyclic amines) is 1. The molecule has 1 spiro atoms. The largest absolute Gasteiger partial charge is 0.342 e. The van der Waals surface area contributed by atoms with Gasteiger partial charge in [0.25, 0.3) is 5.91 Å². The number of nitrogens with zero attached hydrogens (tertiary/aromatic N) is 5. The molecule has 3 fully saturated rings. The minimum absolute atomic E-state index is 0.145. The predicted octanol–water partition coefficient (Wildman–Crippen LogP) is 4.66. The van der Waals surface area contributed by atoms with Crippen molar-refractivity contribution in [1.29, 1.82) is 0 Å². The standard InChI is InChI=1S/C30H33N5O2/c1-19(2)35-26-10-9-24(15-25(26)16-31-35)21-3-5-22(6-4-21)27-32-30(12-13-30)29(37)34(27)18-20-11-14-33(17-20)28(36)23-7-8-23/h3-6,9-10,15-16,19-20,23H,7-8,11-14,17-18H2,1-2H3/t20-/m1/s1. The molecule has 3 heterocycles. The van der Waals surface area contributed by atoms with E-state index in [1.165, 1.54) is 0 Å². The fourth-order valence-electron chi connectivity index (χ4n) is 5.98. The van der Waals surface area contributed by atoms with E-state index in [0.717, 1.165) is 78.6 Å². The Morgan fingerprint density at radius 2 is 1.76 bits per heavy atom. The molecule has 2 aromatic carbocycles. The van der Waals surface area contributed by atoms with Gasteiger partial charge in [-0.3, -0.25) is 24.2 Å². The van der Waals surface area contributed by atoms with E-state index < -0.39 is 5.54 Å². The van der Waals surface area contributed by atoms with Crippen LogP contribution in [0.4, 0.5) is 0 Å². The van der Waals surface area contributed by atoms with Crippen LogP contribution in [0.25, 0.3) is 22.0 Å². The first-order valence-electron chi connectivity index (χ1n) is 13.7. The number of rotatable bonds is 6. The van der Waals surface area contributed by atoms with E-state index >= 15 is 0 Å². The molecule has 1 aromatic heterocycles. The average molecular weight is 496 g/mol. The highest BCUT2D eigenvalue weighted by Gasteiger charge is 2.57. The first kappa shape index (κ1) is 22.7. The molecular formula is C30H33N5O2. The van der Waals surface area contributed by atoms with Crippen LogP contribution in [-0.4, -0.2) is 62.4 Å². The molecule has 0 N–H and O–H groups in total. The Hall–Kier alpha value is -3.48. The Bertz CT molecular complexity index is 1430. The van der Waals surface area contributed by atoms with E-state index in [2.05, 4.69) is 61.4 Å². The molecule has 0 radical (unpaired) electrons. The lowest BCUT2D eigenvalue weighted by molar-refractivity contribution is -0.131. The van der Waals surface area contributed by atoms with E-state index in [4.69, 9.17) is 4.99 Å². The second-order valence-electron chi connectivity index (χ2n) is 11.6. The maximum atomic E-state index is 13.4. The normalized spacial score (nSPS) is 22.5. The summed E-state index contributed by atoms with van der Waals surface area (Å²) < 4.78 is 2.05. The van der Waals surface area contributed by atoms with Gasteiger partial charge in [-0.1, -0.05) is 30.3 Å². The molecule has 190 valence electrons. The number of carbonyl (C=O) groups is 2. The molecule has 7 rings (SSSR count). The Balaban J connectivity index is 1.11. The Morgan fingerprint density at radius 3 is 2.46 bits per heavy atom. The topological polar surface area (TPSA) is 70.8 Å². The lowest BCUT2D eigenvalue weighted by Crippen LogP contribution is -2.40. The zero-order chi connectivity index (χ0) is 25.3. The van der Waals surface area contributed by atoms with Crippen LogP contribution in [0.5, 0.6) is 0 Å². The van der Waals surface area contributed by atoms with Gasteiger partial charge in [0.15, 0.2) is 0 Å². The van der Waals surface area contributed by atoms with Crippen molar-refractivity contribution in [3.63, 3.8) is 0 Å².